The molecule has 0 saturated carbocycles. The standard InChI is InChI=1S/C19H18N2O4/c1-23-16-8-3-13(9-17(16)24-2)10-19(22)21-15-6-4-14(5-7-15)18-11-20-12-25-18/h3-9,11-12H,10H2,1-2H3,(H,21,22). The molecular weight excluding hydrogens is 320 g/mol. The largest absolute Gasteiger partial charge is 0.493 e. The summed E-state index contributed by atoms with van der Waals surface area (Å²) in [4.78, 5) is 16.1. The van der Waals surface area contributed by atoms with Gasteiger partial charge in [-0.15, -0.1) is 0 Å². The van der Waals surface area contributed by atoms with E-state index in [0.29, 0.717) is 22.9 Å². The third-order valence-electron chi connectivity index (χ3n) is 3.70. The highest BCUT2D eigenvalue weighted by Gasteiger charge is 2.09. The molecule has 0 atom stereocenters. The summed E-state index contributed by atoms with van der Waals surface area (Å²) >= 11 is 0. The van der Waals surface area contributed by atoms with Crippen LogP contribution in [0.3, 0.4) is 0 Å². The smallest absolute Gasteiger partial charge is 0.228 e. The van der Waals surface area contributed by atoms with E-state index in [0.717, 1.165) is 11.1 Å². The molecule has 3 aromatic rings. The first-order valence-electron chi connectivity index (χ1n) is 7.69. The zero-order valence-electron chi connectivity index (χ0n) is 14.0. The molecule has 1 N–H and O–H groups in total. The van der Waals surface area contributed by atoms with Crippen molar-refractivity contribution in [2.45, 2.75) is 6.42 Å². The second-order valence-corrected chi connectivity index (χ2v) is 5.36. The highest BCUT2D eigenvalue weighted by atomic mass is 16.5. The van der Waals surface area contributed by atoms with Crippen molar-refractivity contribution in [2.24, 2.45) is 0 Å². The molecule has 0 aliphatic rings. The lowest BCUT2D eigenvalue weighted by molar-refractivity contribution is -0.115. The first kappa shape index (κ1) is 16.6. The lowest BCUT2D eigenvalue weighted by Crippen LogP contribution is -2.14. The molecule has 0 fully saturated rings. The molecule has 0 aliphatic carbocycles. The van der Waals surface area contributed by atoms with Crippen molar-refractivity contribution < 1.29 is 18.7 Å². The lowest BCUT2D eigenvalue weighted by Gasteiger charge is -2.10. The van der Waals surface area contributed by atoms with Crippen molar-refractivity contribution in [3.05, 3.63) is 60.6 Å². The molecule has 0 unspecified atom stereocenters. The average Bonchev–Trinajstić information content (AvgIpc) is 3.17. The van der Waals surface area contributed by atoms with E-state index >= 15 is 0 Å². The fourth-order valence-electron chi connectivity index (χ4n) is 2.46. The molecule has 2 aromatic carbocycles. The number of ether oxygens (including phenoxy) is 2. The van der Waals surface area contributed by atoms with Crippen LogP contribution in [-0.4, -0.2) is 25.1 Å². The third-order valence-corrected chi connectivity index (χ3v) is 3.70. The SMILES string of the molecule is COc1ccc(CC(=O)Nc2ccc(-c3cnco3)cc2)cc1OC. The summed E-state index contributed by atoms with van der Waals surface area (Å²) in [5.74, 6) is 1.81. The van der Waals surface area contributed by atoms with E-state index in [-0.39, 0.29) is 12.3 Å². The number of benzene rings is 2. The Hall–Kier alpha value is -3.28. The number of anilines is 1. The summed E-state index contributed by atoms with van der Waals surface area (Å²) in [5.41, 5.74) is 2.46. The van der Waals surface area contributed by atoms with Crippen molar-refractivity contribution in [2.75, 3.05) is 19.5 Å². The molecule has 0 saturated heterocycles. The molecule has 1 amide bonds. The fraction of sp³-hybridized carbons (Fsp3) is 0.158. The Labute approximate surface area is 145 Å². The second kappa shape index (κ2) is 7.53. The number of nitrogens with one attached hydrogen (secondary N) is 1. The van der Waals surface area contributed by atoms with Crippen LogP contribution in [0.15, 0.2) is 59.5 Å². The zero-order valence-corrected chi connectivity index (χ0v) is 14.0. The van der Waals surface area contributed by atoms with Gasteiger partial charge < -0.3 is 19.2 Å². The highest BCUT2D eigenvalue weighted by Crippen LogP contribution is 2.28. The van der Waals surface area contributed by atoms with E-state index in [1.54, 1.807) is 32.5 Å². The molecule has 3 rings (SSSR count). The molecule has 6 nitrogen and oxygen atoms in total. The minimum atomic E-state index is -0.111. The molecule has 1 heterocycles. The maximum Gasteiger partial charge on any atom is 0.228 e. The number of aromatic nitrogens is 1. The van der Waals surface area contributed by atoms with Crippen LogP contribution in [0.4, 0.5) is 5.69 Å². The number of carbonyl (C=O) groups is 1. The number of hydrogen-bond acceptors (Lipinski definition) is 5. The first-order valence-corrected chi connectivity index (χ1v) is 7.69. The minimum absolute atomic E-state index is 0.111. The van der Waals surface area contributed by atoms with Gasteiger partial charge in [0, 0.05) is 11.3 Å². The maximum atomic E-state index is 12.2. The number of nitrogens with zero attached hydrogens (tertiary/aromatic N) is 1. The minimum Gasteiger partial charge on any atom is -0.493 e. The molecule has 0 radical (unpaired) electrons. The maximum absolute atomic E-state index is 12.2. The predicted molar refractivity (Wildman–Crippen MR) is 93.8 cm³/mol. The van der Waals surface area contributed by atoms with Crippen LogP contribution in [0.2, 0.25) is 0 Å². The van der Waals surface area contributed by atoms with Crippen LogP contribution in [0.5, 0.6) is 11.5 Å². The van der Waals surface area contributed by atoms with Crippen LogP contribution in [-0.2, 0) is 11.2 Å². The molecule has 0 aliphatic heterocycles. The summed E-state index contributed by atoms with van der Waals surface area (Å²) in [5, 5.41) is 2.87. The number of methoxy groups -OCH3 is 2. The number of rotatable bonds is 6. The van der Waals surface area contributed by atoms with Crippen LogP contribution >= 0.6 is 0 Å². The Morgan fingerprint density at radius 3 is 2.48 bits per heavy atom. The summed E-state index contributed by atoms with van der Waals surface area (Å²) in [6.45, 7) is 0. The molecule has 0 spiro atoms. The van der Waals surface area contributed by atoms with Gasteiger partial charge >= 0.3 is 0 Å². The van der Waals surface area contributed by atoms with Gasteiger partial charge in [-0.1, -0.05) is 6.07 Å². The lowest BCUT2D eigenvalue weighted by atomic mass is 10.1. The molecule has 6 heteroatoms. The van der Waals surface area contributed by atoms with Crippen LogP contribution < -0.4 is 14.8 Å². The Morgan fingerprint density at radius 2 is 1.84 bits per heavy atom. The fourth-order valence-corrected chi connectivity index (χ4v) is 2.46. The summed E-state index contributed by atoms with van der Waals surface area (Å²) in [7, 11) is 3.14. The number of amides is 1. The van der Waals surface area contributed by atoms with Crippen LogP contribution in [0.25, 0.3) is 11.3 Å². The van der Waals surface area contributed by atoms with Crippen molar-refractivity contribution >= 4 is 11.6 Å². The van der Waals surface area contributed by atoms with Crippen molar-refractivity contribution in [1.82, 2.24) is 4.98 Å². The monoisotopic (exact) mass is 338 g/mol. The van der Waals surface area contributed by atoms with Crippen molar-refractivity contribution in [1.29, 1.82) is 0 Å². The predicted octanol–water partition coefficient (Wildman–Crippen LogP) is 3.54. The Balaban J connectivity index is 1.64. The van der Waals surface area contributed by atoms with E-state index < -0.39 is 0 Å². The quantitative estimate of drug-likeness (QED) is 0.744. The van der Waals surface area contributed by atoms with Crippen molar-refractivity contribution in [3.8, 4) is 22.8 Å². The van der Waals surface area contributed by atoms with Gasteiger partial charge in [0.25, 0.3) is 0 Å². The average molecular weight is 338 g/mol. The summed E-state index contributed by atoms with van der Waals surface area (Å²) in [6.07, 6.45) is 3.27. The molecule has 0 bridgehead atoms. The van der Waals surface area contributed by atoms with E-state index in [1.807, 2.05) is 30.3 Å². The van der Waals surface area contributed by atoms with Gasteiger partial charge in [0.2, 0.25) is 5.91 Å². The zero-order chi connectivity index (χ0) is 17.6. The van der Waals surface area contributed by atoms with Crippen LogP contribution in [0.1, 0.15) is 5.56 Å². The molecule has 25 heavy (non-hydrogen) atoms. The van der Waals surface area contributed by atoms with Gasteiger partial charge in [0.1, 0.15) is 0 Å². The normalized spacial score (nSPS) is 10.3. The van der Waals surface area contributed by atoms with Crippen molar-refractivity contribution in [3.63, 3.8) is 0 Å². The molecule has 1 aromatic heterocycles. The van der Waals surface area contributed by atoms with Gasteiger partial charge in [-0.2, -0.15) is 0 Å². The van der Waals surface area contributed by atoms with E-state index in [9.17, 15) is 4.79 Å². The number of carbonyl (C=O) groups excluding carboxylic acids is 1. The van der Waals surface area contributed by atoms with Gasteiger partial charge in [-0.3, -0.25) is 4.79 Å². The summed E-state index contributed by atoms with van der Waals surface area (Å²) < 4.78 is 15.7. The van der Waals surface area contributed by atoms with Gasteiger partial charge in [0.05, 0.1) is 26.8 Å². The highest BCUT2D eigenvalue weighted by molar-refractivity contribution is 5.92. The van der Waals surface area contributed by atoms with Gasteiger partial charge in [-0.05, 0) is 42.0 Å². The number of oxazole rings is 1. The molecule has 128 valence electrons. The van der Waals surface area contributed by atoms with Gasteiger partial charge in [-0.25, -0.2) is 4.98 Å². The van der Waals surface area contributed by atoms with Crippen LogP contribution in [0, 0.1) is 0 Å². The number of hydrogen-bond donors (Lipinski definition) is 1. The Bertz CT molecular complexity index is 842. The second-order valence-electron chi connectivity index (χ2n) is 5.36. The topological polar surface area (TPSA) is 73.6 Å². The Morgan fingerprint density at radius 1 is 1.08 bits per heavy atom. The van der Waals surface area contributed by atoms with E-state index in [1.165, 1.54) is 6.39 Å². The Kier molecular flexibility index (Phi) is 4.99. The first-order chi connectivity index (χ1) is 12.2. The van der Waals surface area contributed by atoms with Gasteiger partial charge in [0.15, 0.2) is 23.7 Å². The molecular formula is C19H18N2O4. The van der Waals surface area contributed by atoms with E-state index in [4.69, 9.17) is 13.9 Å². The van der Waals surface area contributed by atoms with E-state index in [2.05, 4.69) is 10.3 Å². The third kappa shape index (κ3) is 3.98. The summed E-state index contributed by atoms with van der Waals surface area (Å²) in [6, 6.07) is 12.8.